The van der Waals surface area contributed by atoms with E-state index in [0.717, 1.165) is 18.4 Å². The number of hydrogen-bond donors (Lipinski definition) is 2. The Hall–Kier alpha value is -2.33. The van der Waals surface area contributed by atoms with Crippen LogP contribution < -0.4 is 10.6 Å². The Balaban J connectivity index is 1.49. The number of nitrogens with one attached hydrogen (secondary N) is 2. The molecule has 1 saturated carbocycles. The monoisotopic (exact) mass is 342 g/mol. The van der Waals surface area contributed by atoms with Gasteiger partial charge in [-0.15, -0.1) is 0 Å². The highest BCUT2D eigenvalue weighted by Gasteiger charge is 2.51. The third kappa shape index (κ3) is 3.60. The van der Waals surface area contributed by atoms with Crippen molar-refractivity contribution >= 4 is 23.4 Å². The van der Waals surface area contributed by atoms with E-state index in [9.17, 15) is 9.59 Å². The third-order valence-electron chi connectivity index (χ3n) is 4.29. The van der Waals surface area contributed by atoms with E-state index in [-0.39, 0.29) is 11.8 Å². The summed E-state index contributed by atoms with van der Waals surface area (Å²) < 4.78 is 0. The van der Waals surface area contributed by atoms with E-state index in [0.29, 0.717) is 23.7 Å². The molecule has 2 amide bonds. The molecule has 0 aliphatic heterocycles. The van der Waals surface area contributed by atoms with Crippen molar-refractivity contribution in [1.29, 1.82) is 0 Å². The fourth-order valence-electron chi connectivity index (χ4n) is 2.77. The summed E-state index contributed by atoms with van der Waals surface area (Å²) in [5.74, 6) is -0.139. The maximum absolute atomic E-state index is 12.5. The average Bonchev–Trinajstić information content (AvgIpc) is 3.41. The fourth-order valence-corrected chi connectivity index (χ4v) is 2.96. The first kappa shape index (κ1) is 16.5. The van der Waals surface area contributed by atoms with Gasteiger partial charge in [-0.3, -0.25) is 9.59 Å². The second-order valence-electron chi connectivity index (χ2n) is 5.97. The molecule has 3 rings (SSSR count). The Labute approximate surface area is 146 Å². The van der Waals surface area contributed by atoms with Crippen molar-refractivity contribution in [3.63, 3.8) is 0 Å². The lowest BCUT2D eigenvalue weighted by Crippen LogP contribution is -2.39. The molecule has 4 nitrogen and oxygen atoms in total. The van der Waals surface area contributed by atoms with Crippen molar-refractivity contribution in [3.8, 4) is 0 Å². The Morgan fingerprint density at radius 1 is 0.958 bits per heavy atom. The van der Waals surface area contributed by atoms with Crippen molar-refractivity contribution in [2.75, 3.05) is 13.1 Å². The highest BCUT2D eigenvalue weighted by atomic mass is 35.5. The molecule has 2 aromatic carbocycles. The van der Waals surface area contributed by atoms with Crippen LogP contribution in [0.2, 0.25) is 5.02 Å². The Morgan fingerprint density at radius 3 is 2.33 bits per heavy atom. The summed E-state index contributed by atoms with van der Waals surface area (Å²) in [6, 6.07) is 16.5. The molecule has 2 N–H and O–H groups in total. The van der Waals surface area contributed by atoms with Gasteiger partial charge in [-0.25, -0.2) is 0 Å². The predicted molar refractivity (Wildman–Crippen MR) is 94.1 cm³/mol. The number of carbonyl (C=O) groups is 2. The van der Waals surface area contributed by atoms with Crippen LogP contribution in [0.25, 0.3) is 0 Å². The van der Waals surface area contributed by atoms with Gasteiger partial charge in [-0.1, -0.05) is 41.9 Å². The summed E-state index contributed by atoms with van der Waals surface area (Å²) in [5.41, 5.74) is 1.12. The van der Waals surface area contributed by atoms with Gasteiger partial charge in [0.05, 0.1) is 5.41 Å². The van der Waals surface area contributed by atoms with Crippen LogP contribution in [0.3, 0.4) is 0 Å². The smallest absolute Gasteiger partial charge is 0.251 e. The molecule has 24 heavy (non-hydrogen) atoms. The number of amides is 2. The first-order chi connectivity index (χ1) is 11.6. The second-order valence-corrected chi connectivity index (χ2v) is 6.41. The van der Waals surface area contributed by atoms with Crippen LogP contribution in [-0.4, -0.2) is 24.9 Å². The van der Waals surface area contributed by atoms with Gasteiger partial charge in [-0.05, 0) is 42.7 Å². The van der Waals surface area contributed by atoms with E-state index < -0.39 is 5.41 Å². The van der Waals surface area contributed by atoms with E-state index in [2.05, 4.69) is 10.6 Å². The standard InChI is InChI=1S/C19H19ClN2O2/c20-16-8-4-7-15(13-16)19(9-10-19)18(24)22-12-11-21-17(23)14-5-2-1-3-6-14/h1-8,13H,9-12H2,(H,21,23)(H,22,24). The third-order valence-corrected chi connectivity index (χ3v) is 4.53. The van der Waals surface area contributed by atoms with Gasteiger partial charge in [0.25, 0.3) is 5.91 Å². The number of benzene rings is 2. The normalized spacial score (nSPS) is 14.7. The minimum absolute atomic E-state index is 0.00118. The zero-order chi connectivity index (χ0) is 17.0. The molecule has 0 atom stereocenters. The van der Waals surface area contributed by atoms with E-state index in [1.165, 1.54) is 0 Å². The number of rotatable bonds is 6. The van der Waals surface area contributed by atoms with Gasteiger partial charge < -0.3 is 10.6 Å². The summed E-state index contributed by atoms with van der Waals surface area (Å²) in [6.07, 6.45) is 1.66. The molecule has 5 heteroatoms. The Kier molecular flexibility index (Phi) is 4.86. The largest absolute Gasteiger partial charge is 0.354 e. The first-order valence-corrected chi connectivity index (χ1v) is 8.37. The molecular weight excluding hydrogens is 324 g/mol. The topological polar surface area (TPSA) is 58.2 Å². The maximum atomic E-state index is 12.5. The first-order valence-electron chi connectivity index (χ1n) is 7.99. The fraction of sp³-hybridized carbons (Fsp3) is 0.263. The van der Waals surface area contributed by atoms with Crippen molar-refractivity contribution < 1.29 is 9.59 Å². The quantitative estimate of drug-likeness (QED) is 0.793. The summed E-state index contributed by atoms with van der Waals surface area (Å²) in [5, 5.41) is 6.35. The summed E-state index contributed by atoms with van der Waals surface area (Å²) in [7, 11) is 0. The number of carbonyl (C=O) groups excluding carboxylic acids is 2. The van der Waals surface area contributed by atoms with Gasteiger partial charge >= 0.3 is 0 Å². The molecule has 0 aromatic heterocycles. The Morgan fingerprint density at radius 2 is 1.67 bits per heavy atom. The molecule has 124 valence electrons. The SMILES string of the molecule is O=C(NCCNC(=O)C1(c2cccc(Cl)c2)CC1)c1ccccc1. The van der Waals surface area contributed by atoms with Crippen LogP contribution >= 0.6 is 11.6 Å². The van der Waals surface area contributed by atoms with Gasteiger partial charge in [0.2, 0.25) is 5.91 Å². The molecular formula is C19H19ClN2O2. The zero-order valence-electron chi connectivity index (χ0n) is 13.2. The lowest BCUT2D eigenvalue weighted by atomic mass is 9.95. The minimum Gasteiger partial charge on any atom is -0.354 e. The molecule has 0 radical (unpaired) electrons. The lowest BCUT2D eigenvalue weighted by Gasteiger charge is -2.16. The van der Waals surface area contributed by atoms with Gasteiger partial charge in [0.15, 0.2) is 0 Å². The van der Waals surface area contributed by atoms with Gasteiger partial charge in [0.1, 0.15) is 0 Å². The average molecular weight is 343 g/mol. The van der Waals surface area contributed by atoms with E-state index in [1.807, 2.05) is 36.4 Å². The highest BCUT2D eigenvalue weighted by molar-refractivity contribution is 6.30. The van der Waals surface area contributed by atoms with Crippen molar-refractivity contribution in [2.45, 2.75) is 18.3 Å². The van der Waals surface area contributed by atoms with Crippen LogP contribution in [0.15, 0.2) is 54.6 Å². The molecule has 0 spiro atoms. The number of hydrogen-bond acceptors (Lipinski definition) is 2. The molecule has 1 aliphatic carbocycles. The van der Waals surface area contributed by atoms with Crippen molar-refractivity contribution in [3.05, 3.63) is 70.7 Å². The zero-order valence-corrected chi connectivity index (χ0v) is 14.0. The molecule has 0 saturated heterocycles. The molecule has 1 aliphatic rings. The van der Waals surface area contributed by atoms with E-state index in [1.54, 1.807) is 18.2 Å². The summed E-state index contributed by atoms with van der Waals surface area (Å²) in [6.45, 7) is 0.796. The summed E-state index contributed by atoms with van der Waals surface area (Å²) in [4.78, 5) is 24.4. The molecule has 1 fully saturated rings. The molecule has 0 bridgehead atoms. The predicted octanol–water partition coefficient (Wildman–Crippen LogP) is 2.92. The maximum Gasteiger partial charge on any atom is 0.251 e. The van der Waals surface area contributed by atoms with Gasteiger partial charge in [0, 0.05) is 23.7 Å². The van der Waals surface area contributed by atoms with Crippen LogP contribution in [0.1, 0.15) is 28.8 Å². The van der Waals surface area contributed by atoms with Crippen LogP contribution in [0.4, 0.5) is 0 Å². The lowest BCUT2D eigenvalue weighted by molar-refractivity contribution is -0.123. The number of halogens is 1. The molecule has 0 unspecified atom stereocenters. The van der Waals surface area contributed by atoms with E-state index >= 15 is 0 Å². The van der Waals surface area contributed by atoms with E-state index in [4.69, 9.17) is 11.6 Å². The molecule has 0 heterocycles. The van der Waals surface area contributed by atoms with Crippen LogP contribution in [0.5, 0.6) is 0 Å². The second kappa shape index (κ2) is 7.05. The Bertz CT molecular complexity index is 742. The summed E-state index contributed by atoms with van der Waals surface area (Å²) >= 11 is 6.02. The van der Waals surface area contributed by atoms with Crippen molar-refractivity contribution in [2.24, 2.45) is 0 Å². The minimum atomic E-state index is -0.450. The van der Waals surface area contributed by atoms with Crippen molar-refractivity contribution in [1.82, 2.24) is 10.6 Å². The van der Waals surface area contributed by atoms with Crippen LogP contribution in [-0.2, 0) is 10.2 Å². The van der Waals surface area contributed by atoms with Crippen LogP contribution in [0, 0.1) is 0 Å². The molecule has 2 aromatic rings. The van der Waals surface area contributed by atoms with Gasteiger partial charge in [-0.2, -0.15) is 0 Å². The highest BCUT2D eigenvalue weighted by Crippen LogP contribution is 2.48.